The second kappa shape index (κ2) is 7.18. The second-order valence-corrected chi connectivity index (χ2v) is 7.27. The number of hydrogen-bond donors (Lipinski definition) is 0. The Kier molecular flexibility index (Phi) is 5.22. The van der Waals surface area contributed by atoms with Crippen molar-refractivity contribution in [2.24, 2.45) is 11.8 Å². The molecule has 0 saturated carbocycles. The van der Waals surface area contributed by atoms with Gasteiger partial charge in [0, 0.05) is 38.1 Å². The molecule has 5 heteroatoms. The zero-order valence-electron chi connectivity index (χ0n) is 13.6. The van der Waals surface area contributed by atoms with Crippen molar-refractivity contribution in [3.63, 3.8) is 0 Å². The van der Waals surface area contributed by atoms with Crippen molar-refractivity contribution in [1.82, 2.24) is 9.80 Å². The first-order chi connectivity index (χ1) is 11.0. The summed E-state index contributed by atoms with van der Waals surface area (Å²) < 4.78 is 13.1. The van der Waals surface area contributed by atoms with Gasteiger partial charge in [0.2, 0.25) is 5.91 Å². The smallest absolute Gasteiger partial charge is 0.219 e. The van der Waals surface area contributed by atoms with Gasteiger partial charge in [-0.15, -0.1) is 0 Å². The molecule has 3 nitrogen and oxygen atoms in total. The molecule has 23 heavy (non-hydrogen) atoms. The average Bonchev–Trinajstić information content (AvgIpc) is 2.99. The molecule has 1 aromatic carbocycles. The van der Waals surface area contributed by atoms with E-state index in [2.05, 4.69) is 4.90 Å². The molecule has 3 rings (SSSR count). The Hall–Kier alpha value is -1.13. The summed E-state index contributed by atoms with van der Waals surface area (Å²) in [6.07, 6.45) is 3.45. The van der Waals surface area contributed by atoms with Crippen LogP contribution in [0.1, 0.15) is 31.7 Å². The van der Waals surface area contributed by atoms with Crippen LogP contribution >= 0.6 is 11.6 Å². The molecule has 2 aliphatic heterocycles. The Morgan fingerprint density at radius 2 is 1.91 bits per heavy atom. The van der Waals surface area contributed by atoms with Gasteiger partial charge in [-0.25, -0.2) is 4.39 Å². The maximum Gasteiger partial charge on any atom is 0.219 e. The van der Waals surface area contributed by atoms with Crippen molar-refractivity contribution in [1.29, 1.82) is 0 Å². The first kappa shape index (κ1) is 16.7. The molecule has 2 fully saturated rings. The minimum Gasteiger partial charge on any atom is -0.343 e. The zero-order valence-corrected chi connectivity index (χ0v) is 14.4. The quantitative estimate of drug-likeness (QED) is 0.841. The van der Waals surface area contributed by atoms with E-state index in [1.165, 1.54) is 18.6 Å². The van der Waals surface area contributed by atoms with Crippen LogP contribution in [0.2, 0.25) is 5.02 Å². The van der Waals surface area contributed by atoms with Gasteiger partial charge >= 0.3 is 0 Å². The molecule has 0 aromatic heterocycles. The predicted octanol–water partition coefficient (Wildman–Crippen LogP) is 3.56. The summed E-state index contributed by atoms with van der Waals surface area (Å²) in [5, 5.41) is 0.517. The summed E-state index contributed by atoms with van der Waals surface area (Å²) in [4.78, 5) is 15.8. The molecule has 1 aromatic rings. The van der Waals surface area contributed by atoms with Gasteiger partial charge in [-0.2, -0.15) is 0 Å². The van der Waals surface area contributed by atoms with Crippen LogP contribution < -0.4 is 0 Å². The number of amides is 1. The highest BCUT2D eigenvalue weighted by atomic mass is 35.5. The molecule has 2 saturated heterocycles. The van der Waals surface area contributed by atoms with Gasteiger partial charge in [0.1, 0.15) is 5.82 Å². The third-order valence-electron chi connectivity index (χ3n) is 5.37. The minimum atomic E-state index is -0.282. The average molecular weight is 339 g/mol. The van der Waals surface area contributed by atoms with Crippen LogP contribution in [0.15, 0.2) is 18.2 Å². The molecule has 0 N–H and O–H groups in total. The molecule has 0 aliphatic carbocycles. The number of carbonyl (C=O) groups excluding carboxylic acids is 1. The number of hydrogen-bond acceptors (Lipinski definition) is 2. The van der Waals surface area contributed by atoms with Crippen molar-refractivity contribution in [2.75, 3.05) is 26.2 Å². The van der Waals surface area contributed by atoms with Crippen LogP contribution in [0.3, 0.4) is 0 Å². The molecule has 1 atom stereocenters. The van der Waals surface area contributed by atoms with Crippen molar-refractivity contribution in [3.05, 3.63) is 34.6 Å². The summed E-state index contributed by atoms with van der Waals surface area (Å²) in [6, 6.07) is 4.66. The summed E-state index contributed by atoms with van der Waals surface area (Å²) in [7, 11) is 0. The number of carbonyl (C=O) groups is 1. The molecule has 2 heterocycles. The fourth-order valence-corrected chi connectivity index (χ4v) is 4.19. The van der Waals surface area contributed by atoms with Gasteiger partial charge in [0.25, 0.3) is 0 Å². The number of benzene rings is 1. The fourth-order valence-electron chi connectivity index (χ4n) is 3.97. The van der Waals surface area contributed by atoms with Gasteiger partial charge in [0.05, 0.1) is 0 Å². The largest absolute Gasteiger partial charge is 0.343 e. The Bertz CT molecular complexity index is 572. The molecule has 0 radical (unpaired) electrons. The van der Waals surface area contributed by atoms with E-state index in [-0.39, 0.29) is 11.7 Å². The van der Waals surface area contributed by atoms with E-state index in [4.69, 9.17) is 11.6 Å². The third kappa shape index (κ3) is 4.04. The van der Waals surface area contributed by atoms with Gasteiger partial charge in [-0.1, -0.05) is 17.7 Å². The van der Waals surface area contributed by atoms with Crippen molar-refractivity contribution >= 4 is 17.5 Å². The molecule has 0 spiro atoms. The van der Waals surface area contributed by atoms with E-state index in [1.54, 1.807) is 13.0 Å². The summed E-state index contributed by atoms with van der Waals surface area (Å²) in [6.45, 7) is 6.41. The topological polar surface area (TPSA) is 23.6 Å². The van der Waals surface area contributed by atoms with Crippen molar-refractivity contribution in [2.45, 2.75) is 32.7 Å². The normalized spacial score (nSPS) is 23.4. The molecule has 2 aliphatic rings. The molecular weight excluding hydrogens is 315 g/mol. The molecule has 1 amide bonds. The first-order valence-electron chi connectivity index (χ1n) is 8.44. The Balaban J connectivity index is 1.52. The van der Waals surface area contributed by atoms with Gasteiger partial charge < -0.3 is 4.90 Å². The lowest BCUT2D eigenvalue weighted by atomic mass is 9.84. The van der Waals surface area contributed by atoms with E-state index >= 15 is 0 Å². The van der Waals surface area contributed by atoms with Crippen LogP contribution in [0.25, 0.3) is 0 Å². The van der Waals surface area contributed by atoms with Gasteiger partial charge in [0.15, 0.2) is 0 Å². The number of halogens is 2. The second-order valence-electron chi connectivity index (χ2n) is 6.86. The molecular formula is C18H24ClFN2O. The number of likely N-dealkylation sites (tertiary alicyclic amines) is 2. The van der Waals surface area contributed by atoms with Crippen LogP contribution in [0, 0.1) is 17.7 Å². The first-order valence-corrected chi connectivity index (χ1v) is 8.82. The van der Waals surface area contributed by atoms with Crippen LogP contribution in [-0.2, 0) is 11.3 Å². The Morgan fingerprint density at radius 3 is 2.57 bits per heavy atom. The van der Waals surface area contributed by atoms with Crippen molar-refractivity contribution in [3.8, 4) is 0 Å². The van der Waals surface area contributed by atoms with Crippen molar-refractivity contribution < 1.29 is 9.18 Å². The lowest BCUT2D eigenvalue weighted by Crippen LogP contribution is -2.39. The van der Waals surface area contributed by atoms with E-state index < -0.39 is 0 Å². The zero-order chi connectivity index (χ0) is 16.4. The number of rotatable bonds is 3. The number of piperidine rings is 1. The highest BCUT2D eigenvalue weighted by Gasteiger charge is 2.32. The predicted molar refractivity (Wildman–Crippen MR) is 89.8 cm³/mol. The van der Waals surface area contributed by atoms with Crippen LogP contribution in [-0.4, -0.2) is 41.9 Å². The molecule has 1 unspecified atom stereocenters. The Labute approximate surface area is 142 Å². The Morgan fingerprint density at radius 1 is 1.22 bits per heavy atom. The SMILES string of the molecule is CC(=O)N1CCC(C2CCN(Cc3ccc(F)cc3Cl)C2)CC1. The summed E-state index contributed by atoms with van der Waals surface area (Å²) in [5.74, 6) is 1.35. The maximum atomic E-state index is 13.1. The monoisotopic (exact) mass is 338 g/mol. The highest BCUT2D eigenvalue weighted by molar-refractivity contribution is 6.31. The van der Waals surface area contributed by atoms with Gasteiger partial charge in [-0.05, 0) is 55.3 Å². The lowest BCUT2D eigenvalue weighted by molar-refractivity contribution is -0.130. The molecule has 0 bridgehead atoms. The van der Waals surface area contributed by atoms with E-state index in [9.17, 15) is 9.18 Å². The van der Waals surface area contributed by atoms with Crippen LogP contribution in [0.4, 0.5) is 4.39 Å². The lowest BCUT2D eigenvalue weighted by Gasteiger charge is -2.34. The maximum absolute atomic E-state index is 13.1. The van der Waals surface area contributed by atoms with Crippen LogP contribution in [0.5, 0.6) is 0 Å². The van der Waals surface area contributed by atoms with Gasteiger partial charge in [-0.3, -0.25) is 9.69 Å². The summed E-state index contributed by atoms with van der Waals surface area (Å²) in [5.41, 5.74) is 1.00. The number of nitrogens with zero attached hydrogens (tertiary/aromatic N) is 2. The van der Waals surface area contributed by atoms with E-state index in [0.717, 1.165) is 57.0 Å². The third-order valence-corrected chi connectivity index (χ3v) is 5.72. The standard InChI is InChI=1S/C18H24ClFN2O/c1-13(23)22-8-5-14(6-9-22)15-4-7-21(11-15)12-16-2-3-17(20)10-18(16)19/h2-3,10,14-15H,4-9,11-12H2,1H3. The summed E-state index contributed by atoms with van der Waals surface area (Å²) >= 11 is 6.13. The van der Waals surface area contributed by atoms with E-state index in [1.807, 2.05) is 4.90 Å². The fraction of sp³-hybridized carbons (Fsp3) is 0.611. The minimum absolute atomic E-state index is 0.197. The highest BCUT2D eigenvalue weighted by Crippen LogP contribution is 2.33. The van der Waals surface area contributed by atoms with E-state index in [0.29, 0.717) is 10.9 Å². The molecule has 126 valence electrons.